The first-order valence-corrected chi connectivity index (χ1v) is 7.88. The smallest absolute Gasteiger partial charge is 0.140 e. The number of aromatic nitrogens is 1. The zero-order chi connectivity index (χ0) is 13.5. The van der Waals surface area contributed by atoms with E-state index in [-0.39, 0.29) is 10.5 Å². The van der Waals surface area contributed by atoms with Crippen molar-refractivity contribution in [3.05, 3.63) is 29.6 Å². The Morgan fingerprint density at radius 3 is 2.58 bits per heavy atom. The molecule has 0 saturated carbocycles. The van der Waals surface area contributed by atoms with Gasteiger partial charge in [-0.1, -0.05) is 12.5 Å². The SMILES string of the molecule is N#Cc1ccc(C2(O)CC3CCCC(C2)S3=O)cn1. The summed E-state index contributed by atoms with van der Waals surface area (Å²) in [5.74, 6) is 0. The highest BCUT2D eigenvalue weighted by molar-refractivity contribution is 7.86. The number of rotatable bonds is 1. The van der Waals surface area contributed by atoms with Crippen LogP contribution in [0.3, 0.4) is 0 Å². The number of fused-ring (bicyclic) bond motifs is 2. The van der Waals surface area contributed by atoms with Gasteiger partial charge in [-0.3, -0.25) is 4.21 Å². The van der Waals surface area contributed by atoms with E-state index in [0.29, 0.717) is 18.5 Å². The van der Waals surface area contributed by atoms with Gasteiger partial charge in [0, 0.05) is 33.1 Å². The maximum Gasteiger partial charge on any atom is 0.140 e. The lowest BCUT2D eigenvalue weighted by Crippen LogP contribution is -2.47. The molecule has 0 spiro atoms. The van der Waals surface area contributed by atoms with Gasteiger partial charge < -0.3 is 5.11 Å². The summed E-state index contributed by atoms with van der Waals surface area (Å²) in [4.78, 5) is 4.03. The van der Waals surface area contributed by atoms with E-state index in [1.165, 1.54) is 0 Å². The number of hydrogen-bond acceptors (Lipinski definition) is 4. The first-order valence-electron chi connectivity index (χ1n) is 6.61. The first kappa shape index (κ1) is 12.8. The van der Waals surface area contributed by atoms with Gasteiger partial charge in [0.15, 0.2) is 0 Å². The summed E-state index contributed by atoms with van der Waals surface area (Å²) in [6, 6.07) is 5.38. The van der Waals surface area contributed by atoms with E-state index in [1.807, 2.05) is 6.07 Å². The molecule has 2 aliphatic rings. The van der Waals surface area contributed by atoms with E-state index in [2.05, 4.69) is 4.98 Å². The van der Waals surface area contributed by atoms with Crippen LogP contribution in [0.4, 0.5) is 0 Å². The van der Waals surface area contributed by atoms with Crippen molar-refractivity contribution < 1.29 is 9.32 Å². The summed E-state index contributed by atoms with van der Waals surface area (Å²) < 4.78 is 12.2. The van der Waals surface area contributed by atoms with Crippen molar-refractivity contribution in [2.24, 2.45) is 0 Å². The van der Waals surface area contributed by atoms with Crippen LogP contribution in [0, 0.1) is 11.3 Å². The van der Waals surface area contributed by atoms with Crippen LogP contribution in [-0.2, 0) is 16.4 Å². The molecule has 1 N–H and O–H groups in total. The van der Waals surface area contributed by atoms with E-state index in [0.717, 1.165) is 24.8 Å². The normalized spacial score (nSPS) is 37.6. The van der Waals surface area contributed by atoms with Gasteiger partial charge in [0.2, 0.25) is 0 Å². The largest absolute Gasteiger partial charge is 0.385 e. The third kappa shape index (κ3) is 2.19. The first-order chi connectivity index (χ1) is 9.12. The standard InChI is InChI=1S/C14H16N2O2S/c15-8-11-5-4-10(9-16-11)14(17)6-12-2-1-3-13(7-14)19(12)18/h4-5,9,12-13,17H,1-3,6-7H2. The molecule has 100 valence electrons. The zero-order valence-corrected chi connectivity index (χ0v) is 11.4. The molecule has 2 fully saturated rings. The highest BCUT2D eigenvalue weighted by Gasteiger charge is 2.46. The maximum absolute atomic E-state index is 12.2. The van der Waals surface area contributed by atoms with Gasteiger partial charge in [-0.15, -0.1) is 0 Å². The molecule has 3 rings (SSSR count). The fourth-order valence-electron chi connectivity index (χ4n) is 3.25. The van der Waals surface area contributed by atoms with Crippen LogP contribution in [0.25, 0.3) is 0 Å². The molecule has 0 aliphatic carbocycles. The lowest BCUT2D eigenvalue weighted by atomic mass is 9.81. The third-order valence-corrected chi connectivity index (χ3v) is 6.37. The fraction of sp³-hybridized carbons (Fsp3) is 0.571. The topological polar surface area (TPSA) is 74.0 Å². The number of hydrogen-bond donors (Lipinski definition) is 1. The fourth-order valence-corrected chi connectivity index (χ4v) is 5.48. The Labute approximate surface area is 114 Å². The van der Waals surface area contributed by atoms with Crippen molar-refractivity contribution in [3.63, 3.8) is 0 Å². The average Bonchev–Trinajstić information content (AvgIpc) is 2.41. The van der Waals surface area contributed by atoms with Crippen molar-refractivity contribution >= 4 is 10.8 Å². The second-order valence-electron chi connectivity index (χ2n) is 5.49. The van der Waals surface area contributed by atoms with E-state index < -0.39 is 16.4 Å². The molecule has 4 nitrogen and oxygen atoms in total. The summed E-state index contributed by atoms with van der Waals surface area (Å²) >= 11 is 0. The molecule has 0 radical (unpaired) electrons. The molecule has 19 heavy (non-hydrogen) atoms. The zero-order valence-electron chi connectivity index (χ0n) is 10.6. The maximum atomic E-state index is 12.2. The van der Waals surface area contributed by atoms with Crippen molar-refractivity contribution in [2.45, 2.75) is 48.2 Å². The second-order valence-corrected chi connectivity index (χ2v) is 7.48. The van der Waals surface area contributed by atoms with E-state index in [4.69, 9.17) is 5.26 Å². The lowest BCUT2D eigenvalue weighted by Gasteiger charge is -2.43. The van der Waals surface area contributed by atoms with Gasteiger partial charge in [-0.05, 0) is 31.7 Å². The van der Waals surface area contributed by atoms with Gasteiger partial charge >= 0.3 is 0 Å². The number of aliphatic hydroxyl groups is 1. The molecule has 2 unspecified atom stereocenters. The van der Waals surface area contributed by atoms with Crippen LogP contribution < -0.4 is 0 Å². The Kier molecular flexibility index (Phi) is 3.15. The number of nitrogens with zero attached hydrogens (tertiary/aromatic N) is 2. The highest BCUT2D eigenvalue weighted by atomic mass is 32.2. The predicted octanol–water partition coefficient (Wildman–Crippen LogP) is 1.60. The quantitative estimate of drug-likeness (QED) is 0.845. The molecule has 3 heterocycles. The Morgan fingerprint density at radius 2 is 2.05 bits per heavy atom. The van der Waals surface area contributed by atoms with E-state index in [1.54, 1.807) is 18.3 Å². The molecule has 0 aromatic carbocycles. The summed E-state index contributed by atoms with van der Waals surface area (Å²) in [6.07, 6.45) is 5.67. The van der Waals surface area contributed by atoms with Crippen LogP contribution in [0.2, 0.25) is 0 Å². The molecular formula is C14H16N2O2S. The summed E-state index contributed by atoms with van der Waals surface area (Å²) in [6.45, 7) is 0. The van der Waals surface area contributed by atoms with Crippen LogP contribution in [0.5, 0.6) is 0 Å². The van der Waals surface area contributed by atoms with Gasteiger partial charge in [0.25, 0.3) is 0 Å². The van der Waals surface area contributed by atoms with Crippen molar-refractivity contribution in [1.82, 2.24) is 4.98 Å². The average molecular weight is 276 g/mol. The Bertz CT molecular complexity index is 534. The van der Waals surface area contributed by atoms with Crippen LogP contribution in [0.1, 0.15) is 43.4 Å². The summed E-state index contributed by atoms with van der Waals surface area (Å²) in [5, 5.41) is 19.8. The predicted molar refractivity (Wildman–Crippen MR) is 71.7 cm³/mol. The van der Waals surface area contributed by atoms with Crippen LogP contribution >= 0.6 is 0 Å². The van der Waals surface area contributed by atoms with Crippen molar-refractivity contribution in [3.8, 4) is 6.07 Å². The van der Waals surface area contributed by atoms with Crippen LogP contribution in [-0.4, -0.2) is 24.8 Å². The Hall–Kier alpha value is -1.25. The number of nitriles is 1. The Balaban J connectivity index is 1.90. The van der Waals surface area contributed by atoms with Crippen molar-refractivity contribution in [1.29, 1.82) is 5.26 Å². The molecule has 1 aromatic heterocycles. The minimum atomic E-state index is -0.926. The lowest BCUT2D eigenvalue weighted by molar-refractivity contribution is 0.00623. The van der Waals surface area contributed by atoms with Gasteiger partial charge in [0.05, 0.1) is 5.60 Å². The third-order valence-electron chi connectivity index (χ3n) is 4.26. The molecule has 1 aromatic rings. The van der Waals surface area contributed by atoms with E-state index >= 15 is 0 Å². The van der Waals surface area contributed by atoms with Crippen molar-refractivity contribution in [2.75, 3.05) is 0 Å². The monoisotopic (exact) mass is 276 g/mol. The second kappa shape index (κ2) is 4.69. The van der Waals surface area contributed by atoms with Gasteiger partial charge in [-0.25, -0.2) is 4.98 Å². The molecule has 2 saturated heterocycles. The van der Waals surface area contributed by atoms with Crippen LogP contribution in [0.15, 0.2) is 18.3 Å². The van der Waals surface area contributed by atoms with Gasteiger partial charge in [-0.2, -0.15) is 5.26 Å². The molecular weight excluding hydrogens is 260 g/mol. The highest BCUT2D eigenvalue weighted by Crippen LogP contribution is 2.44. The molecule has 2 atom stereocenters. The molecule has 2 aliphatic heterocycles. The number of pyridine rings is 1. The molecule has 0 amide bonds. The van der Waals surface area contributed by atoms with E-state index in [9.17, 15) is 9.32 Å². The molecule has 2 bridgehead atoms. The minimum Gasteiger partial charge on any atom is -0.385 e. The summed E-state index contributed by atoms with van der Waals surface area (Å²) in [5.41, 5.74) is 0.178. The summed E-state index contributed by atoms with van der Waals surface area (Å²) in [7, 11) is -0.795. The van der Waals surface area contributed by atoms with Gasteiger partial charge in [0.1, 0.15) is 11.8 Å². The molecule has 5 heteroatoms. The minimum absolute atomic E-state index is 0.105. The Morgan fingerprint density at radius 1 is 1.37 bits per heavy atom.